The van der Waals surface area contributed by atoms with Gasteiger partial charge < -0.3 is 5.32 Å². The van der Waals surface area contributed by atoms with Crippen molar-refractivity contribution in [2.75, 3.05) is 6.54 Å². The van der Waals surface area contributed by atoms with Crippen molar-refractivity contribution in [1.82, 2.24) is 15.1 Å². The Kier molecular flexibility index (Phi) is 3.45. The molecule has 4 rings (SSSR count). The molecule has 0 aliphatic heterocycles. The number of hydrogen-bond acceptors (Lipinski definition) is 2. The van der Waals surface area contributed by atoms with E-state index in [-0.39, 0.29) is 0 Å². The SMILES string of the molecule is Cc1nn(C)c(CC2(CNC3CC3)CC3CCC2C3)c1Br. The summed E-state index contributed by atoms with van der Waals surface area (Å²) in [7, 11) is 2.10. The van der Waals surface area contributed by atoms with Crippen molar-refractivity contribution in [2.45, 2.75) is 57.9 Å². The number of hydrogen-bond donors (Lipinski definition) is 1. The summed E-state index contributed by atoms with van der Waals surface area (Å²) in [6.45, 7) is 3.32. The van der Waals surface area contributed by atoms with Crippen molar-refractivity contribution in [3.05, 3.63) is 15.9 Å². The molecule has 1 N–H and O–H groups in total. The Morgan fingerprint density at radius 3 is 2.67 bits per heavy atom. The molecule has 0 aromatic carbocycles. The third-order valence-corrected chi connectivity index (χ3v) is 7.24. The molecule has 3 unspecified atom stereocenters. The van der Waals surface area contributed by atoms with Gasteiger partial charge in [-0.15, -0.1) is 0 Å². The third kappa shape index (κ3) is 2.48. The molecule has 2 bridgehead atoms. The fourth-order valence-corrected chi connectivity index (χ4v) is 5.37. The monoisotopic (exact) mass is 351 g/mol. The molecule has 0 saturated heterocycles. The Hall–Kier alpha value is -0.350. The molecule has 0 amide bonds. The molecule has 3 nitrogen and oxygen atoms in total. The quantitative estimate of drug-likeness (QED) is 0.878. The first-order valence-electron chi connectivity index (χ1n) is 8.49. The van der Waals surface area contributed by atoms with E-state index >= 15 is 0 Å². The highest BCUT2D eigenvalue weighted by molar-refractivity contribution is 9.10. The number of nitrogens with zero attached hydrogens (tertiary/aromatic N) is 2. The Morgan fingerprint density at radius 1 is 1.33 bits per heavy atom. The standard InChI is InChI=1S/C17H26BrN3/c1-11-16(18)15(21(2)20-11)9-17(10-19-14-5-6-14)8-12-3-4-13(17)7-12/h12-14,19H,3-10H2,1-2H3. The molecule has 3 saturated carbocycles. The Labute approximate surface area is 136 Å². The van der Waals surface area contributed by atoms with E-state index in [1.54, 1.807) is 0 Å². The molecule has 116 valence electrons. The smallest absolute Gasteiger partial charge is 0.0738 e. The Morgan fingerprint density at radius 2 is 2.14 bits per heavy atom. The van der Waals surface area contributed by atoms with Crippen LogP contribution in [0.5, 0.6) is 0 Å². The van der Waals surface area contributed by atoms with Crippen LogP contribution in [0, 0.1) is 24.2 Å². The largest absolute Gasteiger partial charge is 0.313 e. The maximum absolute atomic E-state index is 4.60. The summed E-state index contributed by atoms with van der Waals surface area (Å²) >= 11 is 3.77. The molecule has 1 heterocycles. The summed E-state index contributed by atoms with van der Waals surface area (Å²) in [4.78, 5) is 0. The zero-order valence-corrected chi connectivity index (χ0v) is 14.7. The molecule has 1 aromatic rings. The van der Waals surface area contributed by atoms with E-state index in [4.69, 9.17) is 0 Å². The van der Waals surface area contributed by atoms with Gasteiger partial charge in [0.2, 0.25) is 0 Å². The lowest BCUT2D eigenvalue weighted by molar-refractivity contribution is 0.152. The first-order chi connectivity index (χ1) is 10.1. The van der Waals surface area contributed by atoms with Crippen LogP contribution < -0.4 is 5.32 Å². The predicted molar refractivity (Wildman–Crippen MR) is 88.3 cm³/mol. The number of aromatic nitrogens is 2. The molecule has 4 heteroatoms. The van der Waals surface area contributed by atoms with Crippen molar-refractivity contribution < 1.29 is 0 Å². The minimum Gasteiger partial charge on any atom is -0.313 e. The zero-order valence-electron chi connectivity index (χ0n) is 13.2. The van der Waals surface area contributed by atoms with Gasteiger partial charge in [0.15, 0.2) is 0 Å². The van der Waals surface area contributed by atoms with Gasteiger partial charge in [-0.25, -0.2) is 0 Å². The van der Waals surface area contributed by atoms with Crippen LogP contribution in [0.15, 0.2) is 4.47 Å². The highest BCUT2D eigenvalue weighted by Gasteiger charge is 2.51. The first kappa shape index (κ1) is 14.3. The second kappa shape index (κ2) is 5.09. The van der Waals surface area contributed by atoms with Crippen LogP contribution in [-0.2, 0) is 13.5 Å². The van der Waals surface area contributed by atoms with E-state index in [9.17, 15) is 0 Å². The van der Waals surface area contributed by atoms with E-state index in [0.717, 1.165) is 23.6 Å². The molecule has 3 aliphatic rings. The van der Waals surface area contributed by atoms with Gasteiger partial charge in [0.05, 0.1) is 15.9 Å². The molecule has 1 aromatic heterocycles. The second-order valence-corrected chi connectivity index (χ2v) is 8.54. The van der Waals surface area contributed by atoms with Gasteiger partial charge in [0.25, 0.3) is 0 Å². The second-order valence-electron chi connectivity index (χ2n) is 7.74. The molecular formula is C17H26BrN3. The summed E-state index contributed by atoms with van der Waals surface area (Å²) < 4.78 is 3.34. The van der Waals surface area contributed by atoms with Crippen LogP contribution >= 0.6 is 15.9 Å². The summed E-state index contributed by atoms with van der Waals surface area (Å²) in [6, 6.07) is 0.817. The van der Waals surface area contributed by atoms with Crippen molar-refractivity contribution in [3.8, 4) is 0 Å². The maximum Gasteiger partial charge on any atom is 0.0738 e. The summed E-state index contributed by atoms with van der Waals surface area (Å²) in [5.74, 6) is 1.92. The summed E-state index contributed by atoms with van der Waals surface area (Å²) in [5.41, 5.74) is 3.01. The normalized spacial score (nSPS) is 34.8. The minimum absolute atomic E-state index is 0.480. The number of fused-ring (bicyclic) bond motifs is 2. The van der Waals surface area contributed by atoms with Gasteiger partial charge in [0.1, 0.15) is 0 Å². The van der Waals surface area contributed by atoms with Crippen molar-refractivity contribution in [3.63, 3.8) is 0 Å². The fraction of sp³-hybridized carbons (Fsp3) is 0.824. The average molecular weight is 352 g/mol. The van der Waals surface area contributed by atoms with E-state index < -0.39 is 0 Å². The van der Waals surface area contributed by atoms with Gasteiger partial charge in [-0.1, -0.05) is 6.42 Å². The first-order valence-corrected chi connectivity index (χ1v) is 9.28. The van der Waals surface area contributed by atoms with Crippen molar-refractivity contribution >= 4 is 15.9 Å². The molecule has 3 aliphatic carbocycles. The lowest BCUT2D eigenvalue weighted by atomic mass is 9.70. The molecule has 3 fully saturated rings. The number of aryl methyl sites for hydroxylation is 2. The van der Waals surface area contributed by atoms with Crippen LogP contribution in [0.3, 0.4) is 0 Å². The van der Waals surface area contributed by atoms with E-state index in [2.05, 4.69) is 45.0 Å². The van der Waals surface area contributed by atoms with Crippen LogP contribution in [0.1, 0.15) is 49.9 Å². The minimum atomic E-state index is 0.480. The number of nitrogens with one attached hydrogen (secondary N) is 1. The lowest BCUT2D eigenvalue weighted by Gasteiger charge is -2.38. The number of halogens is 1. The molecule has 3 atom stereocenters. The highest BCUT2D eigenvalue weighted by Crippen LogP contribution is 2.57. The van der Waals surface area contributed by atoms with Gasteiger partial charge in [-0.05, 0) is 78.6 Å². The van der Waals surface area contributed by atoms with E-state index in [1.807, 2.05) is 0 Å². The topological polar surface area (TPSA) is 29.9 Å². The summed E-state index contributed by atoms with van der Waals surface area (Å²) in [6.07, 6.45) is 9.78. The molecular weight excluding hydrogens is 326 g/mol. The Balaban J connectivity index is 1.60. The van der Waals surface area contributed by atoms with Crippen molar-refractivity contribution in [1.29, 1.82) is 0 Å². The highest BCUT2D eigenvalue weighted by atomic mass is 79.9. The summed E-state index contributed by atoms with van der Waals surface area (Å²) in [5, 5.41) is 8.45. The lowest BCUT2D eigenvalue weighted by Crippen LogP contribution is -2.41. The van der Waals surface area contributed by atoms with Crippen molar-refractivity contribution in [2.24, 2.45) is 24.3 Å². The van der Waals surface area contributed by atoms with E-state index in [1.165, 1.54) is 61.7 Å². The average Bonchev–Trinajstić information content (AvgIpc) is 3.02. The van der Waals surface area contributed by atoms with Gasteiger partial charge >= 0.3 is 0 Å². The van der Waals surface area contributed by atoms with Crippen LogP contribution in [0.25, 0.3) is 0 Å². The molecule has 21 heavy (non-hydrogen) atoms. The zero-order chi connectivity index (χ0) is 14.6. The molecule has 0 radical (unpaired) electrons. The van der Waals surface area contributed by atoms with E-state index in [0.29, 0.717) is 5.41 Å². The maximum atomic E-state index is 4.60. The number of rotatable bonds is 5. The third-order valence-electron chi connectivity index (χ3n) is 6.20. The molecule has 0 spiro atoms. The predicted octanol–water partition coefficient (Wildman–Crippen LogP) is 3.59. The Bertz CT molecular complexity index is 548. The van der Waals surface area contributed by atoms with Gasteiger partial charge in [-0.2, -0.15) is 5.10 Å². The van der Waals surface area contributed by atoms with Crippen LogP contribution in [0.2, 0.25) is 0 Å². The van der Waals surface area contributed by atoms with Crippen LogP contribution in [0.4, 0.5) is 0 Å². The van der Waals surface area contributed by atoms with Gasteiger partial charge in [-0.3, -0.25) is 4.68 Å². The fourth-order valence-electron chi connectivity index (χ4n) is 4.89. The van der Waals surface area contributed by atoms with Crippen LogP contribution in [-0.4, -0.2) is 22.4 Å². The van der Waals surface area contributed by atoms with Gasteiger partial charge in [0, 0.05) is 19.6 Å².